The molecule has 0 saturated heterocycles. The van der Waals surface area contributed by atoms with Crippen LogP contribution in [0.2, 0.25) is 5.02 Å². The first-order valence-electron chi connectivity index (χ1n) is 6.32. The van der Waals surface area contributed by atoms with Gasteiger partial charge in [0, 0.05) is 12.1 Å². The van der Waals surface area contributed by atoms with Gasteiger partial charge in [-0.25, -0.2) is 13.1 Å². The minimum Gasteiger partial charge on any atom is -0.496 e. The van der Waals surface area contributed by atoms with Crippen molar-refractivity contribution < 1.29 is 13.2 Å². The molecule has 1 N–H and O–H groups in total. The molecule has 0 saturated carbocycles. The highest BCUT2D eigenvalue weighted by atomic mass is 35.5. The van der Waals surface area contributed by atoms with Crippen molar-refractivity contribution in [3.63, 3.8) is 0 Å². The molecular formula is C15H16ClNO3S. The molecular weight excluding hydrogens is 310 g/mol. The van der Waals surface area contributed by atoms with Crippen LogP contribution in [0.15, 0.2) is 47.4 Å². The molecule has 2 aromatic rings. The number of aryl methyl sites for hydroxylation is 1. The average Bonchev–Trinajstić information content (AvgIpc) is 2.45. The molecule has 2 rings (SSSR count). The molecule has 0 fully saturated rings. The summed E-state index contributed by atoms with van der Waals surface area (Å²) in [5.41, 5.74) is 1.80. The fourth-order valence-corrected chi connectivity index (χ4v) is 3.48. The van der Waals surface area contributed by atoms with Crippen molar-refractivity contribution in [3.8, 4) is 5.75 Å². The number of methoxy groups -OCH3 is 1. The van der Waals surface area contributed by atoms with Gasteiger partial charge in [0.15, 0.2) is 0 Å². The first-order valence-corrected chi connectivity index (χ1v) is 8.18. The number of rotatable bonds is 5. The summed E-state index contributed by atoms with van der Waals surface area (Å²) in [5, 5.41) is 0.196. The smallest absolute Gasteiger partial charge is 0.242 e. The summed E-state index contributed by atoms with van der Waals surface area (Å²) in [6.45, 7) is 2.07. The number of nitrogens with one attached hydrogen (secondary N) is 1. The number of ether oxygens (including phenoxy) is 1. The molecule has 0 heterocycles. The highest BCUT2D eigenvalue weighted by molar-refractivity contribution is 7.89. The Labute approximate surface area is 129 Å². The van der Waals surface area contributed by atoms with Crippen molar-refractivity contribution in [1.29, 1.82) is 0 Å². The molecule has 21 heavy (non-hydrogen) atoms. The van der Waals surface area contributed by atoms with Crippen LogP contribution in [0.3, 0.4) is 0 Å². The van der Waals surface area contributed by atoms with Gasteiger partial charge in [0.1, 0.15) is 10.6 Å². The fourth-order valence-electron chi connectivity index (χ4n) is 1.96. The monoisotopic (exact) mass is 325 g/mol. The van der Waals surface area contributed by atoms with Gasteiger partial charge in [-0.05, 0) is 25.1 Å². The summed E-state index contributed by atoms with van der Waals surface area (Å²) in [6.07, 6.45) is 0. The third-order valence-corrected chi connectivity index (χ3v) is 4.92. The van der Waals surface area contributed by atoms with Gasteiger partial charge in [0.25, 0.3) is 0 Å². The number of hydrogen-bond donors (Lipinski definition) is 1. The lowest BCUT2D eigenvalue weighted by Gasteiger charge is -2.12. The van der Waals surface area contributed by atoms with Crippen LogP contribution in [-0.2, 0) is 16.6 Å². The highest BCUT2D eigenvalue weighted by Crippen LogP contribution is 2.23. The first-order chi connectivity index (χ1) is 9.94. The quantitative estimate of drug-likeness (QED) is 0.918. The molecule has 0 amide bonds. The lowest BCUT2D eigenvalue weighted by molar-refractivity contribution is 0.409. The molecule has 0 radical (unpaired) electrons. The summed E-state index contributed by atoms with van der Waals surface area (Å²) < 4.78 is 32.3. The van der Waals surface area contributed by atoms with E-state index in [1.54, 1.807) is 25.3 Å². The second-order valence-corrected chi connectivity index (χ2v) is 6.71. The van der Waals surface area contributed by atoms with Crippen LogP contribution in [0.4, 0.5) is 0 Å². The molecule has 2 aromatic carbocycles. The zero-order valence-corrected chi connectivity index (χ0v) is 13.3. The molecule has 0 unspecified atom stereocenters. The minimum absolute atomic E-state index is 0.0679. The van der Waals surface area contributed by atoms with Crippen molar-refractivity contribution >= 4 is 21.6 Å². The Morgan fingerprint density at radius 3 is 2.57 bits per heavy atom. The molecule has 0 aliphatic heterocycles. The van der Waals surface area contributed by atoms with Gasteiger partial charge in [-0.15, -0.1) is 0 Å². The average molecular weight is 326 g/mol. The van der Waals surface area contributed by atoms with Gasteiger partial charge >= 0.3 is 0 Å². The zero-order valence-electron chi connectivity index (χ0n) is 11.8. The largest absolute Gasteiger partial charge is 0.496 e. The van der Waals surface area contributed by atoms with Crippen LogP contribution in [0.5, 0.6) is 5.75 Å². The van der Waals surface area contributed by atoms with Crippen molar-refractivity contribution in [1.82, 2.24) is 4.72 Å². The van der Waals surface area contributed by atoms with E-state index in [-0.39, 0.29) is 16.5 Å². The summed E-state index contributed by atoms with van der Waals surface area (Å²) in [7, 11) is -2.11. The minimum atomic E-state index is -3.66. The number of benzene rings is 2. The maximum Gasteiger partial charge on any atom is 0.242 e. The molecule has 0 bridgehead atoms. The molecule has 4 nitrogen and oxygen atoms in total. The summed E-state index contributed by atoms with van der Waals surface area (Å²) in [5.74, 6) is 0.641. The molecule has 0 spiro atoms. The summed E-state index contributed by atoms with van der Waals surface area (Å²) in [6, 6.07) is 11.9. The van der Waals surface area contributed by atoms with Crippen LogP contribution in [-0.4, -0.2) is 15.5 Å². The van der Waals surface area contributed by atoms with Gasteiger partial charge < -0.3 is 4.74 Å². The van der Waals surface area contributed by atoms with Gasteiger partial charge in [-0.2, -0.15) is 0 Å². The second kappa shape index (κ2) is 6.47. The Morgan fingerprint density at radius 1 is 1.19 bits per heavy atom. The molecule has 0 aliphatic carbocycles. The lowest BCUT2D eigenvalue weighted by Crippen LogP contribution is -2.23. The van der Waals surface area contributed by atoms with Crippen molar-refractivity contribution in [3.05, 3.63) is 58.6 Å². The topological polar surface area (TPSA) is 55.4 Å². The van der Waals surface area contributed by atoms with Crippen LogP contribution in [0, 0.1) is 6.92 Å². The van der Waals surface area contributed by atoms with Crippen LogP contribution in [0.1, 0.15) is 11.1 Å². The third-order valence-electron chi connectivity index (χ3n) is 3.01. The maximum absolute atomic E-state index is 12.3. The molecule has 112 valence electrons. The Morgan fingerprint density at radius 2 is 1.90 bits per heavy atom. The van der Waals surface area contributed by atoms with E-state index >= 15 is 0 Å². The van der Waals surface area contributed by atoms with Gasteiger partial charge in [0.2, 0.25) is 10.0 Å². The van der Waals surface area contributed by atoms with Gasteiger partial charge in [0.05, 0.1) is 12.1 Å². The van der Waals surface area contributed by atoms with E-state index in [1.165, 1.54) is 6.07 Å². The van der Waals surface area contributed by atoms with Crippen molar-refractivity contribution in [2.75, 3.05) is 7.11 Å². The van der Waals surface area contributed by atoms with E-state index in [2.05, 4.69) is 4.72 Å². The number of sulfonamides is 1. The van der Waals surface area contributed by atoms with E-state index in [4.69, 9.17) is 16.3 Å². The molecule has 0 atom stereocenters. The van der Waals surface area contributed by atoms with Crippen molar-refractivity contribution in [2.24, 2.45) is 0 Å². The first kappa shape index (κ1) is 15.8. The Balaban J connectivity index is 2.24. The molecule has 0 aliphatic rings. The number of hydrogen-bond acceptors (Lipinski definition) is 3. The summed E-state index contributed by atoms with van der Waals surface area (Å²) in [4.78, 5) is 0.0679. The second-order valence-electron chi connectivity index (χ2n) is 4.57. The van der Waals surface area contributed by atoms with Gasteiger partial charge in [-0.3, -0.25) is 0 Å². The third kappa shape index (κ3) is 3.75. The standard InChI is InChI=1S/C15H16ClNO3S/c1-11-7-8-14(20-2)12(9-11)10-17-21(18,19)15-6-4-3-5-13(15)16/h3-9,17H,10H2,1-2H3. The SMILES string of the molecule is COc1ccc(C)cc1CNS(=O)(=O)c1ccccc1Cl. The van der Waals surface area contributed by atoms with Crippen LogP contribution >= 0.6 is 11.6 Å². The predicted octanol–water partition coefficient (Wildman–Crippen LogP) is 3.14. The van der Waals surface area contributed by atoms with Crippen molar-refractivity contribution in [2.45, 2.75) is 18.4 Å². The van der Waals surface area contributed by atoms with E-state index in [0.717, 1.165) is 11.1 Å². The zero-order chi connectivity index (χ0) is 15.5. The Hall–Kier alpha value is -1.56. The Kier molecular flexibility index (Phi) is 4.88. The highest BCUT2D eigenvalue weighted by Gasteiger charge is 2.17. The van der Waals surface area contributed by atoms with E-state index in [0.29, 0.717) is 5.75 Å². The van der Waals surface area contributed by atoms with Gasteiger partial charge in [-0.1, -0.05) is 41.4 Å². The van der Waals surface area contributed by atoms with Crippen LogP contribution < -0.4 is 9.46 Å². The van der Waals surface area contributed by atoms with Crippen LogP contribution in [0.25, 0.3) is 0 Å². The number of halogens is 1. The Bertz CT molecular complexity index is 744. The predicted molar refractivity (Wildman–Crippen MR) is 83.2 cm³/mol. The molecule has 6 heteroatoms. The summed E-state index contributed by atoms with van der Waals surface area (Å²) >= 11 is 5.93. The fraction of sp³-hybridized carbons (Fsp3) is 0.200. The maximum atomic E-state index is 12.3. The van der Waals surface area contributed by atoms with E-state index in [9.17, 15) is 8.42 Å². The molecule has 0 aromatic heterocycles. The van der Waals surface area contributed by atoms with E-state index < -0.39 is 10.0 Å². The lowest BCUT2D eigenvalue weighted by atomic mass is 10.1. The normalized spacial score (nSPS) is 11.4. The van der Waals surface area contributed by atoms with E-state index in [1.807, 2.05) is 25.1 Å².